The number of nitrogens with zero attached hydrogens (tertiary/aromatic N) is 2. The number of benzene rings is 3. The molecule has 1 amide bonds. The summed E-state index contributed by atoms with van der Waals surface area (Å²) in [6.45, 7) is 10.3. The lowest BCUT2D eigenvalue weighted by molar-refractivity contribution is -0.123. The lowest BCUT2D eigenvalue weighted by Gasteiger charge is -2.34. The molecule has 6 heteroatoms. The lowest BCUT2D eigenvalue weighted by atomic mass is 10.0. The summed E-state index contributed by atoms with van der Waals surface area (Å²) in [6, 6.07) is 21.3. The number of carbonyl (C=O) groups excluding carboxylic acids is 1. The molecule has 200 valence electrons. The Hall–Kier alpha value is -3.35. The molecular formula is C32H39N3O3. The summed E-state index contributed by atoms with van der Waals surface area (Å²) in [5.74, 6) is 0.986. The van der Waals surface area contributed by atoms with Gasteiger partial charge in [0, 0.05) is 49.2 Å². The van der Waals surface area contributed by atoms with Crippen molar-refractivity contribution in [3.05, 3.63) is 66.9 Å². The highest BCUT2D eigenvalue weighted by Gasteiger charge is 2.18. The van der Waals surface area contributed by atoms with Crippen LogP contribution < -0.4 is 10.1 Å². The molecule has 4 aromatic rings. The fraction of sp³-hybridized carbons (Fsp3) is 0.406. The minimum absolute atomic E-state index is 0.130. The zero-order chi connectivity index (χ0) is 26.3. The second-order valence-corrected chi connectivity index (χ2v) is 10.6. The van der Waals surface area contributed by atoms with Crippen LogP contribution in [0.4, 0.5) is 0 Å². The Morgan fingerprint density at radius 2 is 1.71 bits per heavy atom. The number of carbonyl (C=O) groups is 1. The molecule has 2 heterocycles. The van der Waals surface area contributed by atoms with Crippen molar-refractivity contribution in [3.8, 4) is 16.9 Å². The normalized spacial score (nSPS) is 14.9. The number of nitrogens with one attached hydrogen (secondary N) is 1. The van der Waals surface area contributed by atoms with E-state index in [1.54, 1.807) is 0 Å². The summed E-state index contributed by atoms with van der Waals surface area (Å²) >= 11 is 0. The Labute approximate surface area is 225 Å². The molecular weight excluding hydrogens is 474 g/mol. The smallest absolute Gasteiger partial charge is 0.234 e. The second-order valence-electron chi connectivity index (χ2n) is 10.6. The van der Waals surface area contributed by atoms with Crippen LogP contribution >= 0.6 is 0 Å². The first-order chi connectivity index (χ1) is 18.5. The zero-order valence-corrected chi connectivity index (χ0v) is 22.6. The molecule has 5 rings (SSSR count). The first-order valence-corrected chi connectivity index (χ1v) is 13.9. The molecule has 3 aromatic carbocycles. The summed E-state index contributed by atoms with van der Waals surface area (Å²) in [6.07, 6.45) is 5.20. The van der Waals surface area contributed by atoms with Crippen molar-refractivity contribution in [2.75, 3.05) is 45.9 Å². The van der Waals surface area contributed by atoms with Crippen molar-refractivity contribution in [2.24, 2.45) is 0 Å². The number of furan rings is 1. The van der Waals surface area contributed by atoms with E-state index in [9.17, 15) is 4.79 Å². The van der Waals surface area contributed by atoms with Gasteiger partial charge < -0.3 is 19.4 Å². The van der Waals surface area contributed by atoms with Crippen molar-refractivity contribution < 1.29 is 13.9 Å². The van der Waals surface area contributed by atoms with Gasteiger partial charge in [0.1, 0.15) is 11.3 Å². The van der Waals surface area contributed by atoms with E-state index >= 15 is 0 Å². The molecule has 1 saturated heterocycles. The van der Waals surface area contributed by atoms with Crippen LogP contribution in [0.3, 0.4) is 0 Å². The minimum atomic E-state index is 0.130. The van der Waals surface area contributed by atoms with Crippen molar-refractivity contribution >= 4 is 27.6 Å². The van der Waals surface area contributed by atoms with Gasteiger partial charge in [0.05, 0.1) is 19.4 Å². The van der Waals surface area contributed by atoms with E-state index in [1.165, 1.54) is 17.2 Å². The highest BCUT2D eigenvalue weighted by atomic mass is 16.5. The Morgan fingerprint density at radius 1 is 0.921 bits per heavy atom. The van der Waals surface area contributed by atoms with Crippen LogP contribution in [-0.2, 0) is 4.79 Å². The van der Waals surface area contributed by atoms with Gasteiger partial charge in [0.15, 0.2) is 0 Å². The molecule has 6 nitrogen and oxygen atoms in total. The first-order valence-electron chi connectivity index (χ1n) is 13.9. The van der Waals surface area contributed by atoms with Gasteiger partial charge in [-0.2, -0.15) is 0 Å². The summed E-state index contributed by atoms with van der Waals surface area (Å²) in [5.41, 5.74) is 3.12. The Balaban J connectivity index is 1.02. The Morgan fingerprint density at radius 3 is 2.53 bits per heavy atom. The number of hydrogen-bond acceptors (Lipinski definition) is 5. The van der Waals surface area contributed by atoms with E-state index in [-0.39, 0.29) is 11.9 Å². The number of amides is 1. The van der Waals surface area contributed by atoms with Crippen LogP contribution in [0.5, 0.6) is 5.75 Å². The van der Waals surface area contributed by atoms with Crippen molar-refractivity contribution in [1.82, 2.24) is 15.1 Å². The number of ether oxygens (including phenoxy) is 1. The van der Waals surface area contributed by atoms with E-state index in [0.717, 1.165) is 73.4 Å². The molecule has 0 saturated carbocycles. The zero-order valence-electron chi connectivity index (χ0n) is 22.6. The van der Waals surface area contributed by atoms with Gasteiger partial charge in [-0.25, -0.2) is 0 Å². The van der Waals surface area contributed by atoms with Gasteiger partial charge in [-0.3, -0.25) is 9.69 Å². The van der Waals surface area contributed by atoms with Crippen molar-refractivity contribution in [3.63, 3.8) is 0 Å². The van der Waals surface area contributed by atoms with E-state index in [2.05, 4.69) is 63.6 Å². The quantitative estimate of drug-likeness (QED) is 0.251. The predicted octanol–water partition coefficient (Wildman–Crippen LogP) is 5.94. The molecule has 1 aromatic heterocycles. The van der Waals surface area contributed by atoms with Crippen LogP contribution in [-0.4, -0.2) is 67.6 Å². The number of fused-ring (bicyclic) bond motifs is 2. The van der Waals surface area contributed by atoms with Gasteiger partial charge >= 0.3 is 0 Å². The molecule has 1 fully saturated rings. The Bertz CT molecular complexity index is 1350. The fourth-order valence-corrected chi connectivity index (χ4v) is 5.22. The molecule has 0 atom stereocenters. The molecule has 0 spiro atoms. The molecule has 0 aliphatic carbocycles. The van der Waals surface area contributed by atoms with E-state index in [0.29, 0.717) is 13.2 Å². The SMILES string of the molecule is CC(C)NC(=O)CN1CCN(CCCCCOc2ccc3c(-c4ccc5ccccc5c4)coc3c2)CC1. The molecule has 0 unspecified atom stereocenters. The maximum atomic E-state index is 12.0. The third kappa shape index (κ3) is 6.74. The fourth-order valence-electron chi connectivity index (χ4n) is 5.22. The van der Waals surface area contributed by atoms with Crippen LogP contribution in [0.15, 0.2) is 71.3 Å². The van der Waals surface area contributed by atoms with Gasteiger partial charge in [0.2, 0.25) is 5.91 Å². The van der Waals surface area contributed by atoms with Crippen LogP contribution in [0.2, 0.25) is 0 Å². The highest BCUT2D eigenvalue weighted by Crippen LogP contribution is 2.34. The third-order valence-electron chi connectivity index (χ3n) is 7.28. The largest absolute Gasteiger partial charge is 0.493 e. The van der Waals surface area contributed by atoms with Gasteiger partial charge in [0.25, 0.3) is 0 Å². The average molecular weight is 514 g/mol. The Kier molecular flexibility index (Phi) is 8.61. The average Bonchev–Trinajstić information content (AvgIpc) is 3.34. The molecule has 0 bridgehead atoms. The molecule has 0 radical (unpaired) electrons. The number of piperazine rings is 1. The van der Waals surface area contributed by atoms with Crippen molar-refractivity contribution in [1.29, 1.82) is 0 Å². The van der Waals surface area contributed by atoms with Gasteiger partial charge in [-0.1, -0.05) is 36.4 Å². The van der Waals surface area contributed by atoms with Crippen LogP contribution in [0.25, 0.3) is 32.9 Å². The molecule has 1 N–H and O–H groups in total. The number of rotatable bonds is 11. The highest BCUT2D eigenvalue weighted by molar-refractivity contribution is 5.97. The summed E-state index contributed by atoms with van der Waals surface area (Å²) in [7, 11) is 0. The summed E-state index contributed by atoms with van der Waals surface area (Å²) < 4.78 is 11.9. The molecule has 38 heavy (non-hydrogen) atoms. The predicted molar refractivity (Wildman–Crippen MR) is 155 cm³/mol. The maximum Gasteiger partial charge on any atom is 0.234 e. The lowest BCUT2D eigenvalue weighted by Crippen LogP contribution is -2.50. The van der Waals surface area contributed by atoms with E-state index in [1.807, 2.05) is 32.2 Å². The third-order valence-corrected chi connectivity index (χ3v) is 7.28. The van der Waals surface area contributed by atoms with Gasteiger partial charge in [-0.15, -0.1) is 0 Å². The van der Waals surface area contributed by atoms with E-state index < -0.39 is 0 Å². The van der Waals surface area contributed by atoms with Crippen LogP contribution in [0, 0.1) is 0 Å². The van der Waals surface area contributed by atoms with Crippen molar-refractivity contribution in [2.45, 2.75) is 39.2 Å². The standard InChI is InChI=1S/C32H39N3O3/c1-24(2)33-32(36)22-35-17-15-34(16-18-35)14-6-3-7-19-37-28-12-13-29-30(23-38-31(29)21-28)27-11-10-25-8-4-5-9-26(25)20-27/h4-5,8-13,20-21,23-24H,3,6-7,14-19,22H2,1-2H3,(H,33,36). The topological polar surface area (TPSA) is 58.0 Å². The monoisotopic (exact) mass is 513 g/mol. The molecule has 1 aliphatic rings. The summed E-state index contributed by atoms with van der Waals surface area (Å²) in [4.78, 5) is 16.7. The summed E-state index contributed by atoms with van der Waals surface area (Å²) in [5, 5.41) is 6.55. The van der Waals surface area contributed by atoms with Crippen LogP contribution in [0.1, 0.15) is 33.1 Å². The second kappa shape index (κ2) is 12.5. The molecule has 1 aliphatic heterocycles. The first kappa shape index (κ1) is 26.3. The van der Waals surface area contributed by atoms with E-state index in [4.69, 9.17) is 9.15 Å². The number of hydrogen-bond donors (Lipinski definition) is 1. The minimum Gasteiger partial charge on any atom is -0.493 e. The van der Waals surface area contributed by atoms with Gasteiger partial charge in [-0.05, 0) is 74.2 Å². The maximum absolute atomic E-state index is 12.0. The number of unbranched alkanes of at least 4 members (excludes halogenated alkanes) is 2.